The van der Waals surface area contributed by atoms with Crippen molar-refractivity contribution in [2.24, 2.45) is 20.5 Å². The summed E-state index contributed by atoms with van der Waals surface area (Å²) >= 11 is 4.86. The SMILES string of the molecule is CC(=O)C(=N\O)/C(C)=N/NC(=S)N/N=C(C)/C(=N/O)C(C)=O. The number of Topliss-reactive ketones (excluding diaryl/α,β-unsaturated/α-hetero) is 2. The number of nitrogens with one attached hydrogen (secondary N) is 2. The molecule has 0 heterocycles. The van der Waals surface area contributed by atoms with Gasteiger partial charge in [0.15, 0.2) is 23.0 Å². The lowest BCUT2D eigenvalue weighted by Crippen LogP contribution is -2.32. The summed E-state index contributed by atoms with van der Waals surface area (Å²) in [5.41, 5.74) is 4.51. The molecule has 0 amide bonds. The van der Waals surface area contributed by atoms with E-state index >= 15 is 0 Å². The van der Waals surface area contributed by atoms with Crippen LogP contribution in [0, 0.1) is 0 Å². The fourth-order valence-corrected chi connectivity index (χ4v) is 1.29. The maximum Gasteiger partial charge on any atom is 0.207 e. The van der Waals surface area contributed by atoms with Crippen LogP contribution in [0.15, 0.2) is 20.5 Å². The molecule has 0 atom stereocenters. The van der Waals surface area contributed by atoms with Crippen molar-refractivity contribution in [1.29, 1.82) is 0 Å². The Kier molecular flexibility index (Phi) is 8.15. The normalized spacial score (nSPS) is 13.6. The predicted octanol–water partition coefficient (Wildman–Crippen LogP) is 0.0407. The lowest BCUT2D eigenvalue weighted by Gasteiger charge is -2.05. The highest BCUT2D eigenvalue weighted by Crippen LogP contribution is 1.88. The molecule has 0 radical (unpaired) electrons. The standard InChI is InChI=1S/C11H16N6O4S/c1-5(9(16-20)7(3)18)12-14-11(22)15-13-6(2)10(17-21)8(4)19/h20-21H,1-4H3,(H2,14,15,22)/b12-5+,13-6+,16-9-,17-10-. The number of rotatable bonds is 6. The molecule has 0 saturated heterocycles. The van der Waals surface area contributed by atoms with Crippen molar-refractivity contribution in [3.05, 3.63) is 0 Å². The van der Waals surface area contributed by atoms with Crippen molar-refractivity contribution in [3.8, 4) is 0 Å². The third kappa shape index (κ3) is 6.17. The summed E-state index contributed by atoms with van der Waals surface area (Å²) in [4.78, 5) is 22.2. The molecule has 0 rings (SSSR count). The number of oxime groups is 2. The first kappa shape index (κ1) is 19.3. The molecule has 0 aromatic carbocycles. The van der Waals surface area contributed by atoms with E-state index in [0.29, 0.717) is 0 Å². The zero-order valence-electron chi connectivity index (χ0n) is 12.4. The summed E-state index contributed by atoms with van der Waals surface area (Å²) in [6.45, 7) is 5.31. The summed E-state index contributed by atoms with van der Waals surface area (Å²) in [5.74, 6) is -0.938. The van der Waals surface area contributed by atoms with Crippen LogP contribution in [0.5, 0.6) is 0 Å². The van der Waals surface area contributed by atoms with Gasteiger partial charge in [-0.25, -0.2) is 0 Å². The first-order valence-electron chi connectivity index (χ1n) is 5.85. The Balaban J connectivity index is 4.79. The van der Waals surface area contributed by atoms with Gasteiger partial charge in [0.25, 0.3) is 0 Å². The molecule has 0 aromatic heterocycles. The minimum absolute atomic E-state index is 0.0552. The minimum Gasteiger partial charge on any atom is -0.410 e. The molecule has 0 fully saturated rings. The summed E-state index contributed by atoms with van der Waals surface area (Å²) in [7, 11) is 0. The maximum atomic E-state index is 11.1. The molecule has 0 unspecified atom stereocenters. The van der Waals surface area contributed by atoms with Crippen molar-refractivity contribution in [2.45, 2.75) is 27.7 Å². The highest BCUT2D eigenvalue weighted by Gasteiger charge is 2.12. The Morgan fingerprint density at radius 2 is 1.14 bits per heavy atom. The fraction of sp³-hybridized carbons (Fsp3) is 0.364. The second-order valence-electron chi connectivity index (χ2n) is 3.96. The Morgan fingerprint density at radius 1 is 0.818 bits per heavy atom. The number of nitrogens with zero attached hydrogens (tertiary/aromatic N) is 4. The molecular formula is C11H16N6O4S. The molecule has 0 bridgehead atoms. The molecule has 0 aliphatic carbocycles. The minimum atomic E-state index is -0.469. The smallest absolute Gasteiger partial charge is 0.207 e. The Bertz CT molecular complexity index is 543. The van der Waals surface area contributed by atoms with Crippen LogP contribution >= 0.6 is 12.2 Å². The maximum absolute atomic E-state index is 11.1. The largest absolute Gasteiger partial charge is 0.410 e. The molecule has 0 spiro atoms. The van der Waals surface area contributed by atoms with Crippen LogP contribution in [-0.2, 0) is 9.59 Å². The molecular weight excluding hydrogens is 312 g/mol. The van der Waals surface area contributed by atoms with Gasteiger partial charge in [-0.3, -0.25) is 20.4 Å². The lowest BCUT2D eigenvalue weighted by atomic mass is 10.2. The second-order valence-corrected chi connectivity index (χ2v) is 4.36. The number of hydrogen-bond acceptors (Lipinski definition) is 9. The van der Waals surface area contributed by atoms with Crippen LogP contribution in [0.25, 0.3) is 0 Å². The van der Waals surface area contributed by atoms with Crippen molar-refractivity contribution < 1.29 is 20.0 Å². The first-order valence-corrected chi connectivity index (χ1v) is 6.26. The summed E-state index contributed by atoms with van der Waals surface area (Å²) in [6, 6.07) is 0. The summed E-state index contributed by atoms with van der Waals surface area (Å²) < 4.78 is 0. The van der Waals surface area contributed by atoms with Crippen molar-refractivity contribution >= 4 is 51.7 Å². The van der Waals surface area contributed by atoms with Gasteiger partial charge in [-0.1, -0.05) is 10.3 Å². The van der Waals surface area contributed by atoms with Gasteiger partial charge in [0.05, 0.1) is 11.4 Å². The summed E-state index contributed by atoms with van der Waals surface area (Å²) in [6.07, 6.45) is 0. The number of hydrazone groups is 2. The highest BCUT2D eigenvalue weighted by molar-refractivity contribution is 7.80. The van der Waals surface area contributed by atoms with Crippen LogP contribution in [0.3, 0.4) is 0 Å². The van der Waals surface area contributed by atoms with E-state index in [-0.39, 0.29) is 28.0 Å². The molecule has 0 aliphatic heterocycles. The van der Waals surface area contributed by atoms with Crippen LogP contribution in [0.2, 0.25) is 0 Å². The van der Waals surface area contributed by atoms with Gasteiger partial charge in [0.2, 0.25) is 5.11 Å². The Hall–Kier alpha value is -2.69. The zero-order valence-corrected chi connectivity index (χ0v) is 13.2. The third-order valence-corrected chi connectivity index (χ3v) is 2.39. The third-order valence-electron chi connectivity index (χ3n) is 2.20. The van der Waals surface area contributed by atoms with Crippen molar-refractivity contribution in [2.75, 3.05) is 0 Å². The van der Waals surface area contributed by atoms with E-state index in [2.05, 4.69) is 31.4 Å². The van der Waals surface area contributed by atoms with E-state index in [1.54, 1.807) is 0 Å². The topological polar surface area (TPSA) is 148 Å². The summed E-state index contributed by atoms with van der Waals surface area (Å²) in [5, 5.41) is 30.4. The Labute approximate surface area is 131 Å². The van der Waals surface area contributed by atoms with Gasteiger partial charge in [-0.2, -0.15) is 10.2 Å². The van der Waals surface area contributed by atoms with Crippen LogP contribution in [-0.4, -0.2) is 49.9 Å². The first-order chi connectivity index (χ1) is 10.2. The number of carbonyl (C=O) groups is 2. The quantitative estimate of drug-likeness (QED) is 0.233. The van der Waals surface area contributed by atoms with Crippen LogP contribution in [0.1, 0.15) is 27.7 Å². The van der Waals surface area contributed by atoms with Gasteiger partial charge in [-0.05, 0) is 26.1 Å². The monoisotopic (exact) mass is 328 g/mol. The Morgan fingerprint density at radius 3 is 1.36 bits per heavy atom. The molecule has 4 N–H and O–H groups in total. The van der Waals surface area contributed by atoms with E-state index < -0.39 is 11.6 Å². The van der Waals surface area contributed by atoms with Gasteiger partial charge in [0, 0.05) is 13.8 Å². The lowest BCUT2D eigenvalue weighted by molar-refractivity contribution is -0.111. The number of ketones is 2. The number of hydrogen-bond donors (Lipinski definition) is 4. The van der Waals surface area contributed by atoms with Gasteiger partial charge in [0.1, 0.15) is 0 Å². The van der Waals surface area contributed by atoms with Gasteiger partial charge < -0.3 is 10.4 Å². The second kappa shape index (κ2) is 9.28. The van der Waals surface area contributed by atoms with Gasteiger partial charge in [-0.15, -0.1) is 0 Å². The van der Waals surface area contributed by atoms with Crippen LogP contribution in [0.4, 0.5) is 0 Å². The van der Waals surface area contributed by atoms with E-state index in [1.807, 2.05) is 0 Å². The zero-order chi connectivity index (χ0) is 17.3. The number of thiocarbonyl (C=S) groups is 1. The van der Waals surface area contributed by atoms with E-state index in [1.165, 1.54) is 27.7 Å². The molecule has 0 aliphatic rings. The molecule has 0 aromatic rings. The van der Waals surface area contributed by atoms with E-state index in [9.17, 15) is 9.59 Å². The average molecular weight is 328 g/mol. The van der Waals surface area contributed by atoms with Crippen molar-refractivity contribution in [1.82, 2.24) is 10.9 Å². The van der Waals surface area contributed by atoms with E-state index in [0.717, 1.165) is 0 Å². The number of carbonyl (C=O) groups excluding carboxylic acids is 2. The molecule has 0 saturated carbocycles. The molecule has 22 heavy (non-hydrogen) atoms. The van der Waals surface area contributed by atoms with Gasteiger partial charge >= 0.3 is 0 Å². The molecule has 11 heteroatoms. The fourth-order valence-electron chi connectivity index (χ4n) is 1.20. The van der Waals surface area contributed by atoms with Crippen molar-refractivity contribution in [3.63, 3.8) is 0 Å². The molecule has 10 nitrogen and oxygen atoms in total. The van der Waals surface area contributed by atoms with Crippen LogP contribution < -0.4 is 10.9 Å². The van der Waals surface area contributed by atoms with E-state index in [4.69, 9.17) is 22.6 Å². The molecule has 120 valence electrons. The predicted molar refractivity (Wildman–Crippen MR) is 84.9 cm³/mol. The average Bonchev–Trinajstić information content (AvgIpc) is 2.43. The highest BCUT2D eigenvalue weighted by atomic mass is 32.1.